The first-order valence-corrected chi connectivity index (χ1v) is 7.29. The second-order valence-corrected chi connectivity index (χ2v) is 5.67. The lowest BCUT2D eigenvalue weighted by Gasteiger charge is -2.28. The van der Waals surface area contributed by atoms with Gasteiger partial charge in [-0.3, -0.25) is 4.79 Å². The number of rotatable bonds is 4. The van der Waals surface area contributed by atoms with E-state index < -0.39 is 0 Å². The average molecular weight is 260 g/mol. The van der Waals surface area contributed by atoms with E-state index in [0.29, 0.717) is 18.4 Å². The summed E-state index contributed by atoms with van der Waals surface area (Å²) in [7, 11) is 0. The number of nitrogens with one attached hydrogen (secondary N) is 1. The summed E-state index contributed by atoms with van der Waals surface area (Å²) in [5.41, 5.74) is 7.39. The Balaban J connectivity index is 1.81. The van der Waals surface area contributed by atoms with E-state index in [1.54, 1.807) is 0 Å². The van der Waals surface area contributed by atoms with Crippen LogP contribution in [0.3, 0.4) is 0 Å². The van der Waals surface area contributed by atoms with Crippen molar-refractivity contribution in [2.75, 3.05) is 5.73 Å². The molecule has 0 radical (unpaired) electrons. The largest absolute Gasteiger partial charge is 0.399 e. The third-order valence-corrected chi connectivity index (χ3v) is 4.09. The molecule has 1 aliphatic rings. The Morgan fingerprint density at radius 3 is 2.53 bits per heavy atom. The molecule has 19 heavy (non-hydrogen) atoms. The minimum Gasteiger partial charge on any atom is -0.399 e. The average Bonchev–Trinajstić information content (AvgIpc) is 2.42. The van der Waals surface area contributed by atoms with Crippen molar-refractivity contribution in [3.05, 3.63) is 29.8 Å². The van der Waals surface area contributed by atoms with Crippen molar-refractivity contribution in [2.45, 2.75) is 51.5 Å². The summed E-state index contributed by atoms with van der Waals surface area (Å²) in [5, 5.41) is 3.14. The van der Waals surface area contributed by atoms with Crippen molar-refractivity contribution in [2.24, 2.45) is 5.92 Å². The number of hydrogen-bond acceptors (Lipinski definition) is 2. The van der Waals surface area contributed by atoms with Gasteiger partial charge >= 0.3 is 0 Å². The summed E-state index contributed by atoms with van der Waals surface area (Å²) in [6, 6.07) is 7.81. The number of anilines is 1. The Morgan fingerprint density at radius 2 is 1.89 bits per heavy atom. The standard InChI is InChI=1S/C16H24N2O/c1-12(14-5-3-2-4-6-14)18-16(19)11-13-7-9-15(17)10-8-13/h7-10,12,14H,2-6,11,17H2,1H3,(H,18,19). The normalized spacial score (nSPS) is 17.9. The van der Waals surface area contributed by atoms with Gasteiger partial charge < -0.3 is 11.1 Å². The number of carbonyl (C=O) groups excluding carboxylic acids is 1. The van der Waals surface area contributed by atoms with Gasteiger partial charge in [-0.15, -0.1) is 0 Å². The van der Waals surface area contributed by atoms with Crippen molar-refractivity contribution < 1.29 is 4.79 Å². The molecular weight excluding hydrogens is 236 g/mol. The molecule has 1 aliphatic carbocycles. The fourth-order valence-corrected chi connectivity index (χ4v) is 2.88. The number of benzene rings is 1. The molecule has 3 N–H and O–H groups in total. The Bertz CT molecular complexity index is 407. The van der Waals surface area contributed by atoms with Gasteiger partial charge in [0.15, 0.2) is 0 Å². The molecule has 1 aromatic rings. The smallest absolute Gasteiger partial charge is 0.224 e. The maximum atomic E-state index is 12.0. The number of nitrogen functional groups attached to an aromatic ring is 1. The molecule has 3 nitrogen and oxygen atoms in total. The summed E-state index contributed by atoms with van der Waals surface area (Å²) in [6.45, 7) is 2.14. The van der Waals surface area contributed by atoms with E-state index in [1.165, 1.54) is 32.1 Å². The molecule has 1 fully saturated rings. The number of nitrogens with two attached hydrogens (primary N) is 1. The van der Waals surface area contributed by atoms with Gasteiger partial charge in [-0.1, -0.05) is 31.4 Å². The third-order valence-electron chi connectivity index (χ3n) is 4.09. The summed E-state index contributed by atoms with van der Waals surface area (Å²) >= 11 is 0. The maximum Gasteiger partial charge on any atom is 0.224 e. The lowest BCUT2D eigenvalue weighted by Crippen LogP contribution is -2.39. The highest BCUT2D eigenvalue weighted by molar-refractivity contribution is 5.78. The Hall–Kier alpha value is -1.51. The lowest BCUT2D eigenvalue weighted by atomic mass is 9.84. The molecule has 1 saturated carbocycles. The van der Waals surface area contributed by atoms with Crippen LogP contribution in [0, 0.1) is 5.92 Å². The number of carbonyl (C=O) groups is 1. The molecule has 2 rings (SSSR count). The summed E-state index contributed by atoms with van der Waals surface area (Å²) in [5.74, 6) is 0.770. The minimum atomic E-state index is 0.114. The van der Waals surface area contributed by atoms with Crippen molar-refractivity contribution in [3.63, 3.8) is 0 Å². The van der Waals surface area contributed by atoms with Crippen LogP contribution in [-0.2, 0) is 11.2 Å². The zero-order valence-electron chi connectivity index (χ0n) is 11.7. The van der Waals surface area contributed by atoms with E-state index in [9.17, 15) is 4.79 Å². The fraction of sp³-hybridized carbons (Fsp3) is 0.562. The van der Waals surface area contributed by atoms with Gasteiger partial charge in [-0.05, 0) is 43.4 Å². The van der Waals surface area contributed by atoms with Crippen molar-refractivity contribution in [1.82, 2.24) is 5.32 Å². The monoisotopic (exact) mass is 260 g/mol. The van der Waals surface area contributed by atoms with Crippen LogP contribution in [0.4, 0.5) is 5.69 Å². The number of amides is 1. The zero-order chi connectivity index (χ0) is 13.7. The van der Waals surface area contributed by atoms with Crippen LogP contribution in [0.1, 0.15) is 44.6 Å². The van der Waals surface area contributed by atoms with Gasteiger partial charge in [-0.2, -0.15) is 0 Å². The Morgan fingerprint density at radius 1 is 1.26 bits per heavy atom. The highest BCUT2D eigenvalue weighted by Crippen LogP contribution is 2.26. The predicted molar refractivity (Wildman–Crippen MR) is 78.7 cm³/mol. The van der Waals surface area contributed by atoms with E-state index in [0.717, 1.165) is 11.3 Å². The molecule has 1 atom stereocenters. The van der Waals surface area contributed by atoms with E-state index in [2.05, 4.69) is 12.2 Å². The first-order chi connectivity index (χ1) is 9.15. The summed E-state index contributed by atoms with van der Waals surface area (Å²) < 4.78 is 0. The van der Waals surface area contributed by atoms with Crippen LogP contribution in [0.2, 0.25) is 0 Å². The van der Waals surface area contributed by atoms with Crippen LogP contribution in [0.5, 0.6) is 0 Å². The molecule has 3 heteroatoms. The molecule has 104 valence electrons. The van der Waals surface area contributed by atoms with Gasteiger partial charge in [0, 0.05) is 11.7 Å². The Kier molecular flexibility index (Phi) is 4.83. The van der Waals surface area contributed by atoms with Crippen LogP contribution in [-0.4, -0.2) is 11.9 Å². The van der Waals surface area contributed by atoms with Crippen LogP contribution < -0.4 is 11.1 Å². The first kappa shape index (κ1) is 13.9. The highest BCUT2D eigenvalue weighted by Gasteiger charge is 2.21. The molecule has 0 spiro atoms. The van der Waals surface area contributed by atoms with Crippen LogP contribution >= 0.6 is 0 Å². The van der Waals surface area contributed by atoms with Gasteiger partial charge in [0.25, 0.3) is 0 Å². The van der Waals surface area contributed by atoms with Gasteiger partial charge in [0.05, 0.1) is 6.42 Å². The summed E-state index contributed by atoms with van der Waals surface area (Å²) in [6.07, 6.45) is 6.91. The molecular formula is C16H24N2O. The van der Waals surface area contributed by atoms with E-state index in [-0.39, 0.29) is 5.91 Å². The first-order valence-electron chi connectivity index (χ1n) is 7.29. The SMILES string of the molecule is CC(NC(=O)Cc1ccc(N)cc1)C1CCCCC1. The quantitative estimate of drug-likeness (QED) is 0.818. The topological polar surface area (TPSA) is 55.1 Å². The van der Waals surface area contributed by atoms with Gasteiger partial charge in [0.1, 0.15) is 0 Å². The lowest BCUT2D eigenvalue weighted by molar-refractivity contribution is -0.121. The summed E-state index contributed by atoms with van der Waals surface area (Å²) in [4.78, 5) is 12.0. The molecule has 0 heterocycles. The van der Waals surface area contributed by atoms with Crippen molar-refractivity contribution in [3.8, 4) is 0 Å². The van der Waals surface area contributed by atoms with Crippen molar-refractivity contribution in [1.29, 1.82) is 0 Å². The molecule has 0 bridgehead atoms. The fourth-order valence-electron chi connectivity index (χ4n) is 2.88. The Labute approximate surface area is 115 Å². The van der Waals surface area contributed by atoms with E-state index in [1.807, 2.05) is 24.3 Å². The zero-order valence-corrected chi connectivity index (χ0v) is 11.7. The van der Waals surface area contributed by atoms with Gasteiger partial charge in [-0.25, -0.2) is 0 Å². The molecule has 0 aliphatic heterocycles. The third kappa shape index (κ3) is 4.27. The number of hydrogen-bond donors (Lipinski definition) is 2. The molecule has 0 saturated heterocycles. The van der Waals surface area contributed by atoms with Crippen molar-refractivity contribution >= 4 is 11.6 Å². The van der Waals surface area contributed by atoms with Crippen LogP contribution in [0.15, 0.2) is 24.3 Å². The maximum absolute atomic E-state index is 12.0. The predicted octanol–water partition coefficient (Wildman–Crippen LogP) is 2.90. The molecule has 1 unspecified atom stereocenters. The second-order valence-electron chi connectivity index (χ2n) is 5.67. The van der Waals surface area contributed by atoms with Crippen LogP contribution in [0.25, 0.3) is 0 Å². The van der Waals surface area contributed by atoms with Gasteiger partial charge in [0.2, 0.25) is 5.91 Å². The second kappa shape index (κ2) is 6.60. The molecule has 1 aromatic carbocycles. The molecule has 1 amide bonds. The molecule has 0 aromatic heterocycles. The minimum absolute atomic E-state index is 0.114. The van der Waals surface area contributed by atoms with E-state index >= 15 is 0 Å². The van der Waals surface area contributed by atoms with E-state index in [4.69, 9.17) is 5.73 Å². The highest BCUT2D eigenvalue weighted by atomic mass is 16.1.